The smallest absolute Gasteiger partial charge is 0.119 e. The number of methoxy groups -OCH3 is 1. The maximum Gasteiger partial charge on any atom is 0.119 e. The summed E-state index contributed by atoms with van der Waals surface area (Å²) in [4.78, 5) is 3.00. The van der Waals surface area contributed by atoms with Crippen LogP contribution in [0.3, 0.4) is 0 Å². The Morgan fingerprint density at radius 3 is 2.40 bits per heavy atom. The molecule has 0 atom stereocenters. The van der Waals surface area contributed by atoms with Crippen LogP contribution in [0, 0.1) is 0 Å². The highest BCUT2D eigenvalue weighted by molar-refractivity contribution is 7.81. The van der Waals surface area contributed by atoms with E-state index in [1.165, 1.54) is 0 Å². The van der Waals surface area contributed by atoms with Crippen LogP contribution in [0.4, 0.5) is 5.69 Å². The summed E-state index contributed by atoms with van der Waals surface area (Å²) < 4.78 is 10.7. The van der Waals surface area contributed by atoms with E-state index >= 15 is 0 Å². The average Bonchev–Trinajstić information content (AvgIpc) is 2.68. The molecule has 2 aromatic rings. The summed E-state index contributed by atoms with van der Waals surface area (Å²) in [6.45, 7) is 3.21. The number of benzene rings is 2. The summed E-state index contributed by atoms with van der Waals surface area (Å²) in [5.41, 5.74) is 3.22. The molecule has 1 aliphatic rings. The van der Waals surface area contributed by atoms with Gasteiger partial charge in [0, 0.05) is 24.5 Å². The van der Waals surface area contributed by atoms with Gasteiger partial charge in [-0.15, -0.1) is 0 Å². The molecule has 5 heteroatoms. The minimum atomic E-state index is 0.676. The van der Waals surface area contributed by atoms with Crippen molar-refractivity contribution in [1.82, 2.24) is 4.90 Å². The summed E-state index contributed by atoms with van der Waals surface area (Å²) in [6.07, 6.45) is 2.03. The van der Waals surface area contributed by atoms with Crippen LogP contribution < -0.4 is 10.1 Å². The Morgan fingerprint density at radius 1 is 1.08 bits per heavy atom. The Balaban J connectivity index is 1.79. The molecule has 25 heavy (non-hydrogen) atoms. The molecule has 0 amide bonds. The third-order valence-corrected chi connectivity index (χ3v) is 4.27. The van der Waals surface area contributed by atoms with Crippen molar-refractivity contribution in [2.45, 2.75) is 0 Å². The summed E-state index contributed by atoms with van der Waals surface area (Å²) in [7, 11) is 1.66. The molecule has 3 rings (SSSR count). The molecular weight excluding hydrogens is 332 g/mol. The molecule has 4 nitrogen and oxygen atoms in total. The standard InChI is InChI=1S/C20H22N2O2S/c1-23-18-9-7-17(8-10-18)21-20(25)15-19(16-5-3-2-4-6-16)22-11-13-24-14-12-22/h2-10,15H,11-14H2,1H3,(H,21,25). The molecule has 0 spiro atoms. The van der Waals surface area contributed by atoms with Crippen LogP contribution in [0.1, 0.15) is 5.56 Å². The van der Waals surface area contributed by atoms with Gasteiger partial charge in [-0.25, -0.2) is 0 Å². The zero-order valence-corrected chi connectivity index (χ0v) is 15.1. The normalized spacial score (nSPS) is 14.9. The predicted molar refractivity (Wildman–Crippen MR) is 106 cm³/mol. The molecule has 1 heterocycles. The molecule has 0 aromatic heterocycles. The Morgan fingerprint density at radius 2 is 1.76 bits per heavy atom. The zero-order valence-electron chi connectivity index (χ0n) is 14.3. The molecule has 1 fully saturated rings. The second-order valence-corrected chi connectivity index (χ2v) is 6.15. The third kappa shape index (κ3) is 4.81. The van der Waals surface area contributed by atoms with E-state index in [0.717, 1.165) is 49.0 Å². The number of nitrogens with one attached hydrogen (secondary N) is 1. The third-order valence-electron chi connectivity index (χ3n) is 4.05. The van der Waals surface area contributed by atoms with Crippen LogP contribution in [-0.4, -0.2) is 43.3 Å². The molecule has 0 unspecified atom stereocenters. The Kier molecular flexibility index (Phi) is 6.04. The van der Waals surface area contributed by atoms with Crippen LogP contribution in [0.15, 0.2) is 60.7 Å². The van der Waals surface area contributed by atoms with Gasteiger partial charge in [0.1, 0.15) is 10.7 Å². The molecule has 0 bridgehead atoms. The van der Waals surface area contributed by atoms with E-state index in [2.05, 4.69) is 22.3 Å². The van der Waals surface area contributed by atoms with Gasteiger partial charge in [-0.05, 0) is 35.9 Å². The molecular formula is C20H22N2O2S. The van der Waals surface area contributed by atoms with Gasteiger partial charge in [-0.2, -0.15) is 0 Å². The maximum absolute atomic E-state index is 5.57. The van der Waals surface area contributed by atoms with Gasteiger partial charge < -0.3 is 19.7 Å². The lowest BCUT2D eigenvalue weighted by Crippen LogP contribution is -2.35. The van der Waals surface area contributed by atoms with Crippen molar-refractivity contribution in [3.63, 3.8) is 0 Å². The van der Waals surface area contributed by atoms with Crippen LogP contribution in [0.5, 0.6) is 5.75 Å². The van der Waals surface area contributed by atoms with E-state index in [0.29, 0.717) is 4.99 Å². The maximum atomic E-state index is 5.57. The molecule has 130 valence electrons. The van der Waals surface area contributed by atoms with Gasteiger partial charge in [0.25, 0.3) is 0 Å². The first kappa shape index (κ1) is 17.5. The highest BCUT2D eigenvalue weighted by Crippen LogP contribution is 2.21. The van der Waals surface area contributed by atoms with Crippen LogP contribution >= 0.6 is 12.2 Å². The van der Waals surface area contributed by atoms with Crippen molar-refractivity contribution in [2.75, 3.05) is 38.7 Å². The average molecular weight is 354 g/mol. The number of morpholine rings is 1. The highest BCUT2D eigenvalue weighted by Gasteiger charge is 2.15. The number of hydrogen-bond acceptors (Lipinski definition) is 4. The zero-order chi connectivity index (χ0) is 17.5. The largest absolute Gasteiger partial charge is 0.497 e. The lowest BCUT2D eigenvalue weighted by molar-refractivity contribution is 0.0640. The van der Waals surface area contributed by atoms with Gasteiger partial charge in [0.05, 0.1) is 20.3 Å². The summed E-state index contributed by atoms with van der Waals surface area (Å²) in [5, 5.41) is 3.27. The van der Waals surface area contributed by atoms with Gasteiger partial charge in [0.2, 0.25) is 0 Å². The molecule has 1 saturated heterocycles. The molecule has 2 aromatic carbocycles. The molecule has 1 aliphatic heterocycles. The lowest BCUT2D eigenvalue weighted by Gasteiger charge is -2.31. The SMILES string of the molecule is COc1ccc(NC(=S)C=C(c2ccccc2)N2CCOCC2)cc1. The van der Waals surface area contributed by atoms with Crippen LogP contribution in [0.25, 0.3) is 5.70 Å². The predicted octanol–water partition coefficient (Wildman–Crippen LogP) is 3.81. The fraction of sp³-hybridized carbons (Fsp3) is 0.250. The minimum Gasteiger partial charge on any atom is -0.497 e. The number of ether oxygens (including phenoxy) is 2. The number of thiocarbonyl (C=S) groups is 1. The molecule has 0 saturated carbocycles. The number of rotatable bonds is 5. The summed E-state index contributed by atoms with van der Waals surface area (Å²) >= 11 is 5.57. The van der Waals surface area contributed by atoms with Crippen LogP contribution in [0.2, 0.25) is 0 Å². The fourth-order valence-electron chi connectivity index (χ4n) is 2.75. The van der Waals surface area contributed by atoms with E-state index < -0.39 is 0 Å². The van der Waals surface area contributed by atoms with Crippen molar-refractivity contribution in [3.05, 3.63) is 66.2 Å². The summed E-state index contributed by atoms with van der Waals surface area (Å²) in [5.74, 6) is 0.824. The van der Waals surface area contributed by atoms with Crippen molar-refractivity contribution >= 4 is 28.6 Å². The van der Waals surface area contributed by atoms with Gasteiger partial charge in [-0.3, -0.25) is 0 Å². The minimum absolute atomic E-state index is 0.676. The summed E-state index contributed by atoms with van der Waals surface area (Å²) in [6, 6.07) is 18.1. The van der Waals surface area contributed by atoms with E-state index in [4.69, 9.17) is 21.7 Å². The first-order valence-electron chi connectivity index (χ1n) is 8.31. The van der Waals surface area contributed by atoms with Crippen molar-refractivity contribution in [3.8, 4) is 5.75 Å². The van der Waals surface area contributed by atoms with Crippen molar-refractivity contribution in [2.24, 2.45) is 0 Å². The van der Waals surface area contributed by atoms with E-state index in [-0.39, 0.29) is 0 Å². The van der Waals surface area contributed by atoms with Crippen molar-refractivity contribution in [1.29, 1.82) is 0 Å². The lowest BCUT2D eigenvalue weighted by atomic mass is 10.1. The van der Waals surface area contributed by atoms with E-state index in [1.807, 2.05) is 48.5 Å². The molecule has 0 radical (unpaired) electrons. The molecule has 0 aliphatic carbocycles. The van der Waals surface area contributed by atoms with E-state index in [9.17, 15) is 0 Å². The van der Waals surface area contributed by atoms with Crippen molar-refractivity contribution < 1.29 is 9.47 Å². The van der Waals surface area contributed by atoms with E-state index in [1.54, 1.807) is 7.11 Å². The van der Waals surface area contributed by atoms with Gasteiger partial charge >= 0.3 is 0 Å². The first-order chi connectivity index (χ1) is 12.3. The molecule has 1 N–H and O–H groups in total. The topological polar surface area (TPSA) is 33.7 Å². The second kappa shape index (κ2) is 8.65. The Labute approximate surface area is 154 Å². The van der Waals surface area contributed by atoms with Crippen LogP contribution in [-0.2, 0) is 4.74 Å². The Bertz CT molecular complexity index is 723. The Hall–Kier alpha value is -2.37. The monoisotopic (exact) mass is 354 g/mol. The number of anilines is 1. The fourth-order valence-corrected chi connectivity index (χ4v) is 2.98. The highest BCUT2D eigenvalue weighted by atomic mass is 32.1. The number of hydrogen-bond donors (Lipinski definition) is 1. The van der Waals surface area contributed by atoms with Gasteiger partial charge in [0.15, 0.2) is 0 Å². The van der Waals surface area contributed by atoms with Gasteiger partial charge in [-0.1, -0.05) is 42.5 Å². The quantitative estimate of drug-likeness (QED) is 0.652. The number of nitrogens with zero attached hydrogens (tertiary/aromatic N) is 1. The second-order valence-electron chi connectivity index (χ2n) is 5.71. The first-order valence-corrected chi connectivity index (χ1v) is 8.72.